The number of nitrogens with zero attached hydrogens (tertiary/aromatic N) is 3. The van der Waals surface area contributed by atoms with Crippen molar-refractivity contribution >= 4 is 44.8 Å². The highest BCUT2D eigenvalue weighted by atomic mass is 35.5. The van der Waals surface area contributed by atoms with Gasteiger partial charge >= 0.3 is 0 Å². The molecule has 0 bridgehead atoms. The maximum Gasteiger partial charge on any atom is 0.257 e. The molecule has 1 aromatic heterocycles. The highest BCUT2D eigenvalue weighted by molar-refractivity contribution is 7.89. The molecule has 1 aliphatic carbocycles. The van der Waals surface area contributed by atoms with Crippen LogP contribution in [0.4, 0.5) is 5.13 Å². The smallest absolute Gasteiger partial charge is 0.257 e. The number of rotatable bonds is 7. The molecule has 1 aromatic carbocycles. The van der Waals surface area contributed by atoms with Crippen molar-refractivity contribution in [1.82, 2.24) is 14.2 Å². The molecule has 0 radical (unpaired) electrons. The molecule has 1 N–H and O–H groups in total. The van der Waals surface area contributed by atoms with Crippen LogP contribution in [0.1, 0.15) is 66.4 Å². The average Bonchev–Trinajstić information content (AvgIpc) is 3.21. The molecule has 2 aliphatic rings. The zero-order valence-corrected chi connectivity index (χ0v) is 21.7. The van der Waals surface area contributed by atoms with Gasteiger partial charge in [0.15, 0.2) is 5.13 Å². The van der Waals surface area contributed by atoms with E-state index in [1.807, 2.05) is 0 Å². The highest BCUT2D eigenvalue weighted by Crippen LogP contribution is 2.29. The molecule has 4 rings (SSSR count). The summed E-state index contributed by atoms with van der Waals surface area (Å²) in [4.78, 5) is 21.2. The third-order valence-electron chi connectivity index (χ3n) is 6.45. The van der Waals surface area contributed by atoms with Crippen molar-refractivity contribution in [3.63, 3.8) is 0 Å². The van der Waals surface area contributed by atoms with Gasteiger partial charge in [0, 0.05) is 43.0 Å². The highest BCUT2D eigenvalue weighted by Gasteiger charge is 2.29. The van der Waals surface area contributed by atoms with E-state index in [1.165, 1.54) is 39.1 Å². The molecule has 1 saturated carbocycles. The first-order chi connectivity index (χ1) is 15.4. The number of anilines is 1. The Morgan fingerprint density at radius 2 is 1.91 bits per heavy atom. The Morgan fingerprint density at radius 3 is 2.58 bits per heavy atom. The number of amides is 1. The number of fused-ring (bicyclic) bond motifs is 1. The number of aromatic nitrogens is 1. The number of thiazole rings is 1. The lowest BCUT2D eigenvalue weighted by Gasteiger charge is -2.30. The first-order valence-corrected chi connectivity index (χ1v) is 13.7. The Bertz CT molecular complexity index is 1050. The third kappa shape index (κ3) is 5.95. The van der Waals surface area contributed by atoms with E-state index in [1.54, 1.807) is 19.2 Å². The van der Waals surface area contributed by atoms with Crippen LogP contribution in [0, 0.1) is 0 Å². The molecule has 1 aliphatic heterocycles. The maximum atomic E-state index is 13.0. The summed E-state index contributed by atoms with van der Waals surface area (Å²) in [7, 11) is -1.90. The van der Waals surface area contributed by atoms with Crippen molar-refractivity contribution in [2.24, 2.45) is 0 Å². The number of hydrogen-bond acceptors (Lipinski definition) is 6. The van der Waals surface area contributed by atoms with Crippen molar-refractivity contribution in [1.29, 1.82) is 0 Å². The summed E-state index contributed by atoms with van der Waals surface area (Å²) in [6.45, 7) is 5.14. The SMILES string of the molecule is CCCN1CCc2nc(NC(=O)c3ccc(S(=O)(=O)N(C)C4CCCCC4)cc3)sc2C1.Cl. The minimum absolute atomic E-state index is 0. The number of carbonyl (C=O) groups excluding carboxylic acids is 1. The summed E-state index contributed by atoms with van der Waals surface area (Å²) in [6.07, 6.45) is 7.16. The zero-order chi connectivity index (χ0) is 22.7. The summed E-state index contributed by atoms with van der Waals surface area (Å²) < 4.78 is 27.5. The monoisotopic (exact) mass is 512 g/mol. The largest absolute Gasteiger partial charge is 0.298 e. The van der Waals surface area contributed by atoms with E-state index in [0.717, 1.165) is 63.9 Å². The van der Waals surface area contributed by atoms with Crippen molar-refractivity contribution < 1.29 is 13.2 Å². The molecule has 182 valence electrons. The molecule has 7 nitrogen and oxygen atoms in total. The molecule has 1 fully saturated rings. The van der Waals surface area contributed by atoms with Crippen LogP contribution in [0.25, 0.3) is 0 Å². The lowest BCUT2D eigenvalue weighted by Crippen LogP contribution is -2.38. The second-order valence-electron chi connectivity index (χ2n) is 8.71. The van der Waals surface area contributed by atoms with Crippen LogP contribution < -0.4 is 5.32 Å². The van der Waals surface area contributed by atoms with Crippen LogP contribution in [-0.2, 0) is 23.0 Å². The lowest BCUT2D eigenvalue weighted by atomic mass is 9.96. The van der Waals surface area contributed by atoms with Crippen LogP contribution >= 0.6 is 23.7 Å². The second-order valence-corrected chi connectivity index (χ2v) is 11.8. The molecule has 10 heteroatoms. The Balaban J connectivity index is 0.00000306. The molecule has 1 amide bonds. The van der Waals surface area contributed by atoms with Gasteiger partial charge < -0.3 is 0 Å². The zero-order valence-electron chi connectivity index (χ0n) is 19.2. The summed E-state index contributed by atoms with van der Waals surface area (Å²) in [5.74, 6) is -0.272. The number of sulfonamides is 1. The van der Waals surface area contributed by atoms with Crippen LogP contribution in [-0.4, -0.2) is 54.7 Å². The first-order valence-electron chi connectivity index (χ1n) is 11.5. The Morgan fingerprint density at radius 1 is 1.21 bits per heavy atom. The number of nitrogens with one attached hydrogen (secondary N) is 1. The van der Waals surface area contributed by atoms with Gasteiger partial charge in [0.25, 0.3) is 5.91 Å². The fraction of sp³-hybridized carbons (Fsp3) is 0.565. The van der Waals surface area contributed by atoms with Crippen molar-refractivity contribution in [3.05, 3.63) is 40.4 Å². The molecule has 0 spiro atoms. The van der Waals surface area contributed by atoms with Crippen molar-refractivity contribution in [2.45, 2.75) is 69.4 Å². The second kappa shape index (κ2) is 11.3. The van der Waals surface area contributed by atoms with Gasteiger partial charge in [0.1, 0.15) is 0 Å². The molecule has 0 saturated heterocycles. The predicted octanol–water partition coefficient (Wildman–Crippen LogP) is 4.54. The average molecular weight is 513 g/mol. The van der Waals surface area contributed by atoms with Crippen molar-refractivity contribution in [2.75, 3.05) is 25.5 Å². The third-order valence-corrected chi connectivity index (χ3v) is 9.38. The summed E-state index contributed by atoms with van der Waals surface area (Å²) in [5, 5.41) is 3.49. The van der Waals surface area contributed by atoms with Crippen molar-refractivity contribution in [3.8, 4) is 0 Å². The van der Waals surface area contributed by atoms with E-state index >= 15 is 0 Å². The van der Waals surface area contributed by atoms with Gasteiger partial charge in [-0.1, -0.05) is 26.2 Å². The first kappa shape index (κ1) is 26.1. The number of halogens is 1. The molecule has 33 heavy (non-hydrogen) atoms. The molecular weight excluding hydrogens is 480 g/mol. The van der Waals surface area contributed by atoms with Gasteiger partial charge in [-0.15, -0.1) is 23.7 Å². The normalized spacial score (nSPS) is 17.4. The standard InChI is InChI=1S/C23H32N4O3S2.ClH/c1-3-14-27-15-13-20-21(16-27)31-23(24-20)25-22(28)17-9-11-19(12-10-17)32(29,30)26(2)18-7-5-4-6-8-18;/h9-12,18H,3-8,13-16H2,1-2H3,(H,24,25,28);1H. The van der Waals surface area contributed by atoms with Gasteiger partial charge in [-0.25, -0.2) is 13.4 Å². The fourth-order valence-electron chi connectivity index (χ4n) is 4.56. The van der Waals surface area contributed by atoms with Crippen LogP contribution in [0.5, 0.6) is 0 Å². The van der Waals surface area contributed by atoms with E-state index in [2.05, 4.69) is 22.1 Å². The molecular formula is C23H33ClN4O3S2. The molecule has 0 unspecified atom stereocenters. The topological polar surface area (TPSA) is 82.6 Å². The van der Waals surface area contributed by atoms with Gasteiger partial charge in [-0.2, -0.15) is 4.31 Å². The molecule has 2 aromatic rings. The number of hydrogen-bond donors (Lipinski definition) is 1. The van der Waals surface area contributed by atoms with E-state index in [-0.39, 0.29) is 29.3 Å². The fourth-order valence-corrected chi connectivity index (χ4v) is 7.03. The Kier molecular flexibility index (Phi) is 8.91. The van der Waals surface area contributed by atoms with Crippen LogP contribution in [0.2, 0.25) is 0 Å². The number of benzene rings is 1. The van der Waals surface area contributed by atoms with E-state index < -0.39 is 10.0 Å². The van der Waals surface area contributed by atoms with Gasteiger partial charge in [0.2, 0.25) is 10.0 Å². The minimum Gasteiger partial charge on any atom is -0.298 e. The van der Waals surface area contributed by atoms with Gasteiger partial charge in [-0.3, -0.25) is 15.0 Å². The van der Waals surface area contributed by atoms with Gasteiger partial charge in [-0.05, 0) is 50.1 Å². The number of carbonyl (C=O) groups is 1. The Labute approximate surface area is 207 Å². The van der Waals surface area contributed by atoms with E-state index in [9.17, 15) is 13.2 Å². The summed E-state index contributed by atoms with van der Waals surface area (Å²) in [5.41, 5.74) is 1.50. The molecule has 0 atom stereocenters. The summed E-state index contributed by atoms with van der Waals surface area (Å²) in [6, 6.07) is 6.26. The van der Waals surface area contributed by atoms with Crippen LogP contribution in [0.3, 0.4) is 0 Å². The Hall–Kier alpha value is -1.52. The van der Waals surface area contributed by atoms with E-state index in [0.29, 0.717) is 10.7 Å². The van der Waals surface area contributed by atoms with E-state index in [4.69, 9.17) is 0 Å². The van der Waals surface area contributed by atoms with Gasteiger partial charge in [0.05, 0.1) is 10.6 Å². The summed E-state index contributed by atoms with van der Waals surface area (Å²) >= 11 is 1.53. The molecule has 2 heterocycles. The van der Waals surface area contributed by atoms with Crippen LogP contribution in [0.15, 0.2) is 29.2 Å². The minimum atomic E-state index is -3.57. The maximum absolute atomic E-state index is 13.0. The quantitative estimate of drug-likeness (QED) is 0.589. The lowest BCUT2D eigenvalue weighted by molar-refractivity contribution is 0.102. The predicted molar refractivity (Wildman–Crippen MR) is 135 cm³/mol.